The number of anilines is 1. The zero-order valence-corrected chi connectivity index (χ0v) is 12.9. The highest BCUT2D eigenvalue weighted by Gasteiger charge is 2.28. The van der Waals surface area contributed by atoms with E-state index < -0.39 is 0 Å². The number of halogens is 1. The lowest BCUT2D eigenvalue weighted by Gasteiger charge is -2.12. The van der Waals surface area contributed by atoms with Gasteiger partial charge in [0.05, 0.1) is 6.54 Å². The number of carbonyl (C=O) groups excluding carboxylic acids is 1. The van der Waals surface area contributed by atoms with Gasteiger partial charge in [-0.3, -0.25) is 4.79 Å². The average molecular weight is 297 g/mol. The van der Waals surface area contributed by atoms with E-state index in [1.54, 1.807) is 0 Å². The Bertz CT molecular complexity index is 500. The van der Waals surface area contributed by atoms with Crippen molar-refractivity contribution in [3.63, 3.8) is 0 Å². The Morgan fingerprint density at radius 3 is 2.70 bits per heavy atom. The van der Waals surface area contributed by atoms with Crippen LogP contribution in [-0.4, -0.2) is 29.0 Å². The van der Waals surface area contributed by atoms with Gasteiger partial charge in [0, 0.05) is 18.0 Å². The molecule has 1 amide bonds. The van der Waals surface area contributed by atoms with Crippen molar-refractivity contribution in [3.05, 3.63) is 16.5 Å². The topological polar surface area (TPSA) is 66.9 Å². The number of hydrogen-bond donors (Lipinski definition) is 2. The lowest BCUT2D eigenvalue weighted by molar-refractivity contribution is -0.119. The van der Waals surface area contributed by atoms with Crippen LogP contribution in [0, 0.1) is 12.8 Å². The molecule has 2 rings (SSSR count). The van der Waals surface area contributed by atoms with Crippen LogP contribution < -0.4 is 10.6 Å². The second-order valence-electron chi connectivity index (χ2n) is 5.67. The second-order valence-corrected chi connectivity index (χ2v) is 6.03. The van der Waals surface area contributed by atoms with Crippen molar-refractivity contribution in [2.45, 2.75) is 39.5 Å². The van der Waals surface area contributed by atoms with Gasteiger partial charge in [-0.25, -0.2) is 9.97 Å². The Balaban J connectivity index is 1.96. The zero-order valence-electron chi connectivity index (χ0n) is 12.2. The number of nitrogens with zero attached hydrogens (tertiary/aromatic N) is 2. The van der Waals surface area contributed by atoms with Crippen LogP contribution >= 0.6 is 11.6 Å². The summed E-state index contributed by atoms with van der Waals surface area (Å²) in [6.45, 7) is 6.85. The molecule has 1 saturated carbocycles. The number of amides is 1. The van der Waals surface area contributed by atoms with Crippen LogP contribution in [0.3, 0.4) is 0 Å². The Morgan fingerprint density at radius 2 is 2.10 bits per heavy atom. The van der Waals surface area contributed by atoms with Crippen molar-refractivity contribution in [2.24, 2.45) is 5.92 Å². The molecule has 1 aromatic heterocycles. The van der Waals surface area contributed by atoms with Crippen molar-refractivity contribution >= 4 is 23.3 Å². The zero-order chi connectivity index (χ0) is 14.7. The van der Waals surface area contributed by atoms with Crippen molar-refractivity contribution in [3.8, 4) is 0 Å². The van der Waals surface area contributed by atoms with E-state index in [0.29, 0.717) is 29.4 Å². The van der Waals surface area contributed by atoms with Crippen molar-refractivity contribution in [1.29, 1.82) is 0 Å². The van der Waals surface area contributed by atoms with Crippen LogP contribution in [0.4, 0.5) is 5.82 Å². The lowest BCUT2D eigenvalue weighted by atomic mass is 10.2. The molecule has 1 heterocycles. The highest BCUT2D eigenvalue weighted by atomic mass is 35.5. The third-order valence-corrected chi connectivity index (χ3v) is 3.54. The quantitative estimate of drug-likeness (QED) is 0.792. The van der Waals surface area contributed by atoms with E-state index in [4.69, 9.17) is 11.6 Å². The van der Waals surface area contributed by atoms with E-state index in [1.165, 1.54) is 0 Å². The standard InChI is InChI=1S/C14H21ClN4O/c1-8(2)6-16-11(20)7-17-13-9(3)12(15)18-14(19-13)10-4-5-10/h8,10H,4-7H2,1-3H3,(H,16,20)(H,17,18,19). The molecule has 1 aliphatic carbocycles. The summed E-state index contributed by atoms with van der Waals surface area (Å²) >= 11 is 6.12. The fourth-order valence-corrected chi connectivity index (χ4v) is 1.92. The molecule has 0 aromatic carbocycles. The first kappa shape index (κ1) is 15.0. The molecule has 2 N–H and O–H groups in total. The molecule has 5 nitrogen and oxygen atoms in total. The van der Waals surface area contributed by atoms with Crippen LogP contribution in [0.25, 0.3) is 0 Å². The van der Waals surface area contributed by atoms with Crippen LogP contribution in [0.1, 0.15) is 44.0 Å². The molecule has 0 radical (unpaired) electrons. The molecular formula is C14H21ClN4O. The van der Waals surface area contributed by atoms with Gasteiger partial charge < -0.3 is 10.6 Å². The van der Waals surface area contributed by atoms with Gasteiger partial charge in [-0.15, -0.1) is 0 Å². The summed E-state index contributed by atoms with van der Waals surface area (Å²) in [5.41, 5.74) is 0.785. The monoisotopic (exact) mass is 296 g/mol. The van der Waals surface area contributed by atoms with Gasteiger partial charge in [0.2, 0.25) is 5.91 Å². The normalized spacial score (nSPS) is 14.4. The first-order chi connectivity index (χ1) is 9.47. The lowest BCUT2D eigenvalue weighted by Crippen LogP contribution is -2.32. The van der Waals surface area contributed by atoms with Gasteiger partial charge in [-0.05, 0) is 25.7 Å². The van der Waals surface area contributed by atoms with E-state index in [-0.39, 0.29) is 12.5 Å². The number of hydrogen-bond acceptors (Lipinski definition) is 4. The van der Waals surface area contributed by atoms with Gasteiger partial charge in [0.1, 0.15) is 16.8 Å². The molecule has 6 heteroatoms. The Morgan fingerprint density at radius 1 is 1.40 bits per heavy atom. The van der Waals surface area contributed by atoms with Gasteiger partial charge in [0.25, 0.3) is 0 Å². The summed E-state index contributed by atoms with van der Waals surface area (Å²) in [6, 6.07) is 0. The fourth-order valence-electron chi connectivity index (χ4n) is 1.75. The molecule has 1 fully saturated rings. The van der Waals surface area contributed by atoms with Gasteiger partial charge >= 0.3 is 0 Å². The van der Waals surface area contributed by atoms with E-state index in [9.17, 15) is 4.79 Å². The summed E-state index contributed by atoms with van der Waals surface area (Å²) in [4.78, 5) is 20.5. The molecule has 0 unspecified atom stereocenters. The van der Waals surface area contributed by atoms with Gasteiger partial charge in [0.15, 0.2) is 0 Å². The molecular weight excluding hydrogens is 276 g/mol. The van der Waals surface area contributed by atoms with Gasteiger partial charge in [-0.1, -0.05) is 25.4 Å². The van der Waals surface area contributed by atoms with Crippen molar-refractivity contribution < 1.29 is 4.79 Å². The molecule has 0 aliphatic heterocycles. The van der Waals surface area contributed by atoms with Crippen LogP contribution in [-0.2, 0) is 4.79 Å². The predicted molar refractivity (Wildman–Crippen MR) is 80.1 cm³/mol. The van der Waals surface area contributed by atoms with Crippen molar-refractivity contribution in [2.75, 3.05) is 18.4 Å². The molecule has 0 saturated heterocycles. The maximum absolute atomic E-state index is 11.7. The summed E-state index contributed by atoms with van der Waals surface area (Å²) < 4.78 is 0. The summed E-state index contributed by atoms with van der Waals surface area (Å²) in [7, 11) is 0. The molecule has 20 heavy (non-hydrogen) atoms. The highest BCUT2D eigenvalue weighted by molar-refractivity contribution is 6.30. The van der Waals surface area contributed by atoms with E-state index in [1.807, 2.05) is 6.92 Å². The summed E-state index contributed by atoms with van der Waals surface area (Å²) in [6.07, 6.45) is 2.24. The minimum atomic E-state index is -0.0409. The third kappa shape index (κ3) is 4.07. The first-order valence-corrected chi connectivity index (χ1v) is 7.39. The van der Waals surface area contributed by atoms with E-state index >= 15 is 0 Å². The van der Waals surface area contributed by atoms with E-state index in [2.05, 4.69) is 34.4 Å². The summed E-state index contributed by atoms with van der Waals surface area (Å²) in [5.74, 6) is 2.28. The molecule has 0 spiro atoms. The number of aromatic nitrogens is 2. The predicted octanol–water partition coefficient (Wildman–Crippen LogP) is 2.50. The smallest absolute Gasteiger partial charge is 0.239 e. The number of carbonyl (C=O) groups is 1. The van der Waals surface area contributed by atoms with E-state index in [0.717, 1.165) is 24.2 Å². The van der Waals surface area contributed by atoms with Crippen LogP contribution in [0.2, 0.25) is 5.15 Å². The Hall–Kier alpha value is -1.36. The van der Waals surface area contributed by atoms with Crippen LogP contribution in [0.5, 0.6) is 0 Å². The number of rotatable bonds is 6. The van der Waals surface area contributed by atoms with Crippen molar-refractivity contribution in [1.82, 2.24) is 15.3 Å². The molecule has 0 atom stereocenters. The Labute approximate surface area is 124 Å². The fraction of sp³-hybridized carbons (Fsp3) is 0.643. The first-order valence-electron chi connectivity index (χ1n) is 7.02. The largest absolute Gasteiger partial charge is 0.361 e. The Kier molecular flexibility index (Phi) is 4.81. The third-order valence-electron chi connectivity index (χ3n) is 3.17. The minimum Gasteiger partial charge on any atom is -0.361 e. The average Bonchev–Trinajstić information content (AvgIpc) is 3.22. The minimum absolute atomic E-state index is 0.0409. The molecule has 1 aromatic rings. The maximum Gasteiger partial charge on any atom is 0.239 e. The second kappa shape index (κ2) is 6.39. The molecule has 1 aliphatic rings. The van der Waals surface area contributed by atoms with Gasteiger partial charge in [-0.2, -0.15) is 0 Å². The van der Waals surface area contributed by atoms with Crippen LogP contribution in [0.15, 0.2) is 0 Å². The highest BCUT2D eigenvalue weighted by Crippen LogP contribution is 2.39. The molecule has 0 bridgehead atoms. The maximum atomic E-state index is 11.7. The summed E-state index contributed by atoms with van der Waals surface area (Å²) in [5, 5.41) is 6.38. The number of nitrogens with one attached hydrogen (secondary N) is 2. The SMILES string of the molecule is Cc1c(Cl)nc(C2CC2)nc1NCC(=O)NCC(C)C. The molecule has 110 valence electrons.